The number of nitrogens with zero attached hydrogens (tertiary/aromatic N) is 1. The molecule has 0 spiro atoms. The number of hydrogen-bond donors (Lipinski definition) is 2. The van der Waals surface area contributed by atoms with Crippen LogP contribution in [0.25, 0.3) is 0 Å². The maximum Gasteiger partial charge on any atom is 0.327 e. The molecule has 2 N–H and O–H groups in total. The third-order valence-corrected chi connectivity index (χ3v) is 4.23. The van der Waals surface area contributed by atoms with Gasteiger partial charge in [-0.3, -0.25) is 4.90 Å². The fourth-order valence-corrected chi connectivity index (χ4v) is 3.03. The van der Waals surface area contributed by atoms with E-state index in [1.54, 1.807) is 0 Å². The SMILES string of the molecule is CC(CC1CC1)NC(=O)N1c2ccccc2CC1C(=O)O. The van der Waals surface area contributed by atoms with Crippen LogP contribution in [0.15, 0.2) is 24.3 Å². The van der Waals surface area contributed by atoms with E-state index >= 15 is 0 Å². The zero-order valence-corrected chi connectivity index (χ0v) is 12.1. The van der Waals surface area contributed by atoms with E-state index in [1.807, 2.05) is 31.2 Å². The number of para-hydroxylation sites is 1. The first kappa shape index (κ1) is 13.9. The highest BCUT2D eigenvalue weighted by Gasteiger charge is 2.38. The summed E-state index contributed by atoms with van der Waals surface area (Å²) in [5.41, 5.74) is 1.62. The summed E-state index contributed by atoms with van der Waals surface area (Å²) in [4.78, 5) is 25.3. The number of carboxylic acid groups (broad SMARTS) is 1. The van der Waals surface area contributed by atoms with Crippen molar-refractivity contribution in [2.24, 2.45) is 5.92 Å². The topological polar surface area (TPSA) is 69.6 Å². The smallest absolute Gasteiger partial charge is 0.327 e. The summed E-state index contributed by atoms with van der Waals surface area (Å²) < 4.78 is 0. The molecule has 2 unspecified atom stereocenters. The lowest BCUT2D eigenvalue weighted by atomic mass is 10.1. The van der Waals surface area contributed by atoms with Gasteiger partial charge in [-0.25, -0.2) is 9.59 Å². The summed E-state index contributed by atoms with van der Waals surface area (Å²) in [6, 6.07) is 6.35. The van der Waals surface area contributed by atoms with Crippen LogP contribution in [0.4, 0.5) is 10.5 Å². The average molecular weight is 288 g/mol. The van der Waals surface area contributed by atoms with E-state index in [2.05, 4.69) is 5.32 Å². The quantitative estimate of drug-likeness (QED) is 0.893. The Morgan fingerprint density at radius 2 is 2.10 bits per heavy atom. The normalized spacial score (nSPS) is 21.8. The zero-order valence-electron chi connectivity index (χ0n) is 12.1. The molecular formula is C16H20N2O3. The maximum atomic E-state index is 12.5. The fraction of sp³-hybridized carbons (Fsp3) is 0.500. The standard InChI is InChI=1S/C16H20N2O3/c1-10(8-11-6-7-11)17-16(21)18-13-5-3-2-4-12(13)9-14(18)15(19)20/h2-5,10-11,14H,6-9H2,1H3,(H,17,21)(H,19,20). The molecule has 1 aromatic carbocycles. The number of carbonyl (C=O) groups excluding carboxylic acids is 1. The highest BCUT2D eigenvalue weighted by atomic mass is 16.4. The van der Waals surface area contributed by atoms with E-state index in [0.29, 0.717) is 12.1 Å². The van der Waals surface area contributed by atoms with Crippen LogP contribution in [0, 0.1) is 5.92 Å². The Kier molecular flexibility index (Phi) is 3.57. The second-order valence-corrected chi connectivity index (χ2v) is 6.09. The molecule has 112 valence electrons. The molecule has 0 bridgehead atoms. The highest BCUT2D eigenvalue weighted by molar-refractivity contribution is 6.01. The Hall–Kier alpha value is -2.04. The number of hydrogen-bond acceptors (Lipinski definition) is 2. The number of anilines is 1. The molecule has 0 radical (unpaired) electrons. The van der Waals surface area contributed by atoms with Crippen molar-refractivity contribution in [3.63, 3.8) is 0 Å². The lowest BCUT2D eigenvalue weighted by molar-refractivity contribution is -0.138. The molecule has 0 saturated heterocycles. The first-order valence-electron chi connectivity index (χ1n) is 7.46. The molecule has 1 saturated carbocycles. The fourth-order valence-electron chi connectivity index (χ4n) is 3.03. The van der Waals surface area contributed by atoms with Crippen molar-refractivity contribution in [1.82, 2.24) is 5.32 Å². The third-order valence-electron chi connectivity index (χ3n) is 4.23. The van der Waals surface area contributed by atoms with Crippen LogP contribution < -0.4 is 10.2 Å². The minimum absolute atomic E-state index is 0.0761. The first-order valence-corrected chi connectivity index (χ1v) is 7.46. The van der Waals surface area contributed by atoms with Crippen molar-refractivity contribution in [1.29, 1.82) is 0 Å². The second-order valence-electron chi connectivity index (χ2n) is 6.09. The number of fused-ring (bicyclic) bond motifs is 1. The van der Waals surface area contributed by atoms with Crippen LogP contribution in [0.1, 0.15) is 31.7 Å². The molecule has 2 atom stereocenters. The predicted octanol–water partition coefficient (Wildman–Crippen LogP) is 2.40. The summed E-state index contributed by atoms with van der Waals surface area (Å²) in [6.07, 6.45) is 3.82. The molecule has 1 fully saturated rings. The van der Waals surface area contributed by atoms with Crippen molar-refractivity contribution < 1.29 is 14.7 Å². The van der Waals surface area contributed by atoms with Gasteiger partial charge in [0.05, 0.1) is 0 Å². The largest absolute Gasteiger partial charge is 0.480 e. The lowest BCUT2D eigenvalue weighted by Crippen LogP contribution is -2.50. The van der Waals surface area contributed by atoms with E-state index < -0.39 is 12.0 Å². The second kappa shape index (κ2) is 5.39. The Morgan fingerprint density at radius 3 is 2.76 bits per heavy atom. The molecule has 2 aliphatic rings. The monoisotopic (exact) mass is 288 g/mol. The van der Waals surface area contributed by atoms with E-state index in [-0.39, 0.29) is 12.1 Å². The van der Waals surface area contributed by atoms with E-state index in [1.165, 1.54) is 17.7 Å². The summed E-state index contributed by atoms with van der Waals surface area (Å²) in [5.74, 6) is -0.238. The third kappa shape index (κ3) is 2.86. The molecular weight excluding hydrogens is 268 g/mol. The summed E-state index contributed by atoms with van der Waals surface area (Å²) in [6.45, 7) is 1.98. The number of carbonyl (C=O) groups is 2. The number of nitrogens with one attached hydrogen (secondary N) is 1. The maximum absolute atomic E-state index is 12.5. The van der Waals surface area contributed by atoms with Crippen LogP contribution in [0.3, 0.4) is 0 Å². The molecule has 1 aromatic rings. The van der Waals surface area contributed by atoms with Crippen LogP contribution in [-0.2, 0) is 11.2 Å². The highest BCUT2D eigenvalue weighted by Crippen LogP contribution is 2.34. The molecule has 2 amide bonds. The number of urea groups is 1. The Labute approximate surface area is 123 Å². The minimum atomic E-state index is -0.962. The molecule has 5 nitrogen and oxygen atoms in total. The zero-order chi connectivity index (χ0) is 15.0. The van der Waals surface area contributed by atoms with Gasteiger partial charge >= 0.3 is 12.0 Å². The molecule has 1 heterocycles. The van der Waals surface area contributed by atoms with Crippen molar-refractivity contribution in [3.8, 4) is 0 Å². The number of aliphatic carboxylic acids is 1. The van der Waals surface area contributed by atoms with Crippen LogP contribution in [0.5, 0.6) is 0 Å². The van der Waals surface area contributed by atoms with Crippen LogP contribution >= 0.6 is 0 Å². The van der Waals surface area contributed by atoms with Crippen molar-refractivity contribution in [2.45, 2.75) is 44.7 Å². The van der Waals surface area contributed by atoms with E-state index in [9.17, 15) is 14.7 Å². The summed E-state index contributed by atoms with van der Waals surface area (Å²) >= 11 is 0. The number of carboxylic acids is 1. The average Bonchev–Trinajstić information content (AvgIpc) is 3.15. The van der Waals surface area contributed by atoms with Crippen molar-refractivity contribution in [2.75, 3.05) is 4.90 Å². The van der Waals surface area contributed by atoms with Gasteiger partial charge in [-0.15, -0.1) is 0 Å². The van der Waals surface area contributed by atoms with Gasteiger partial charge in [-0.1, -0.05) is 31.0 Å². The molecule has 0 aromatic heterocycles. The number of rotatable bonds is 4. The Morgan fingerprint density at radius 1 is 1.38 bits per heavy atom. The van der Waals surface area contributed by atoms with Gasteiger partial charge in [0.25, 0.3) is 0 Å². The predicted molar refractivity (Wildman–Crippen MR) is 79.4 cm³/mol. The van der Waals surface area contributed by atoms with Gasteiger partial charge in [0.1, 0.15) is 6.04 Å². The van der Waals surface area contributed by atoms with Gasteiger partial charge in [-0.2, -0.15) is 0 Å². The molecule has 1 aliphatic carbocycles. The van der Waals surface area contributed by atoms with Gasteiger partial charge in [0.2, 0.25) is 0 Å². The minimum Gasteiger partial charge on any atom is -0.480 e. The number of benzene rings is 1. The summed E-state index contributed by atoms with van der Waals surface area (Å²) in [7, 11) is 0. The molecule has 5 heteroatoms. The molecule has 1 aliphatic heterocycles. The summed E-state index contributed by atoms with van der Waals surface area (Å²) in [5, 5.41) is 12.3. The Bertz CT molecular complexity index is 568. The van der Waals surface area contributed by atoms with Gasteiger partial charge in [0, 0.05) is 18.2 Å². The van der Waals surface area contributed by atoms with E-state index in [0.717, 1.165) is 17.9 Å². The van der Waals surface area contributed by atoms with Crippen LogP contribution in [-0.4, -0.2) is 29.2 Å². The lowest BCUT2D eigenvalue weighted by Gasteiger charge is -2.25. The van der Waals surface area contributed by atoms with Gasteiger partial charge in [-0.05, 0) is 30.9 Å². The van der Waals surface area contributed by atoms with Gasteiger partial charge in [0.15, 0.2) is 0 Å². The van der Waals surface area contributed by atoms with Crippen molar-refractivity contribution in [3.05, 3.63) is 29.8 Å². The van der Waals surface area contributed by atoms with E-state index in [4.69, 9.17) is 0 Å². The number of amides is 2. The van der Waals surface area contributed by atoms with Gasteiger partial charge < -0.3 is 10.4 Å². The Balaban J connectivity index is 1.76. The molecule has 3 rings (SSSR count). The van der Waals surface area contributed by atoms with Crippen molar-refractivity contribution >= 4 is 17.7 Å². The molecule has 21 heavy (non-hydrogen) atoms. The first-order chi connectivity index (χ1) is 10.1. The van der Waals surface area contributed by atoms with Crippen LogP contribution in [0.2, 0.25) is 0 Å².